The van der Waals surface area contributed by atoms with Crippen molar-refractivity contribution in [2.24, 2.45) is 35.3 Å². The predicted molar refractivity (Wildman–Crippen MR) is 78.8 cm³/mol. The smallest absolute Gasteiger partial charge is 0.0141 e. The molecule has 2 N–H and O–H groups in total. The summed E-state index contributed by atoms with van der Waals surface area (Å²) in [5.41, 5.74) is 5.96. The van der Waals surface area contributed by atoms with Crippen LogP contribution in [0.25, 0.3) is 0 Å². The van der Waals surface area contributed by atoms with Crippen LogP contribution in [0.4, 0.5) is 0 Å². The van der Waals surface area contributed by atoms with Gasteiger partial charge in [-0.15, -0.1) is 0 Å². The van der Waals surface area contributed by atoms with E-state index in [0.29, 0.717) is 0 Å². The zero-order chi connectivity index (χ0) is 12.8. The zero-order valence-corrected chi connectivity index (χ0v) is 12.3. The molecule has 0 aromatic heterocycles. The Labute approximate surface area is 118 Å². The number of rotatable bonds is 4. The molecule has 1 atom stereocenters. The summed E-state index contributed by atoms with van der Waals surface area (Å²) in [7, 11) is 0. The normalized spacial score (nSPS) is 46.9. The molecule has 108 valence electrons. The van der Waals surface area contributed by atoms with E-state index in [2.05, 4.69) is 4.90 Å². The predicted octanol–water partition coefficient (Wildman–Crippen LogP) is 2.87. The van der Waals surface area contributed by atoms with Gasteiger partial charge in [-0.05, 0) is 101 Å². The van der Waals surface area contributed by atoms with Crippen LogP contribution >= 0.6 is 0 Å². The number of likely N-dealkylation sites (tertiary alicyclic amines) is 1. The molecule has 0 aromatic rings. The van der Waals surface area contributed by atoms with E-state index in [1.165, 1.54) is 32.4 Å². The topological polar surface area (TPSA) is 29.3 Å². The SMILES string of the molecule is NCCC(C1C2CC3CC(C2)CC1C3)N1CCCC1. The minimum atomic E-state index is 0.836. The number of nitrogens with zero attached hydrogens (tertiary/aromatic N) is 1. The van der Waals surface area contributed by atoms with Gasteiger partial charge in [0, 0.05) is 6.04 Å². The van der Waals surface area contributed by atoms with E-state index in [-0.39, 0.29) is 0 Å². The van der Waals surface area contributed by atoms with Crippen LogP contribution in [0.2, 0.25) is 0 Å². The molecule has 0 radical (unpaired) electrons. The lowest BCUT2D eigenvalue weighted by atomic mass is 9.50. The van der Waals surface area contributed by atoms with E-state index >= 15 is 0 Å². The molecule has 0 spiro atoms. The Kier molecular flexibility index (Phi) is 3.35. The summed E-state index contributed by atoms with van der Waals surface area (Å²) in [5.74, 6) is 5.35. The summed E-state index contributed by atoms with van der Waals surface area (Å²) < 4.78 is 0. The standard InChI is InChI=1S/C17H30N2/c18-4-3-16(19-5-1-2-6-19)17-14-8-12-7-13(10-14)11-15(17)9-12/h12-17H,1-11,18H2. The molecule has 4 saturated carbocycles. The molecule has 1 aliphatic heterocycles. The summed E-state index contributed by atoms with van der Waals surface area (Å²) in [5, 5.41) is 0. The van der Waals surface area contributed by atoms with Crippen LogP contribution in [0.1, 0.15) is 51.4 Å². The molecule has 0 amide bonds. The van der Waals surface area contributed by atoms with Crippen LogP contribution < -0.4 is 5.73 Å². The summed E-state index contributed by atoms with van der Waals surface area (Å²) in [6.07, 6.45) is 11.9. The van der Waals surface area contributed by atoms with Gasteiger partial charge < -0.3 is 10.6 Å². The van der Waals surface area contributed by atoms with Crippen molar-refractivity contribution in [1.29, 1.82) is 0 Å². The van der Waals surface area contributed by atoms with E-state index in [9.17, 15) is 0 Å². The van der Waals surface area contributed by atoms with Crippen molar-refractivity contribution in [3.63, 3.8) is 0 Å². The Balaban J connectivity index is 1.55. The van der Waals surface area contributed by atoms with Crippen molar-refractivity contribution in [2.75, 3.05) is 19.6 Å². The number of hydrogen-bond donors (Lipinski definition) is 1. The third-order valence-corrected chi connectivity index (χ3v) is 6.82. The Hall–Kier alpha value is -0.0800. The molecule has 4 aliphatic carbocycles. The van der Waals surface area contributed by atoms with Crippen LogP contribution in [0, 0.1) is 29.6 Å². The molecular formula is C17H30N2. The molecule has 4 bridgehead atoms. The Morgan fingerprint density at radius 3 is 2.00 bits per heavy atom. The van der Waals surface area contributed by atoms with Crippen molar-refractivity contribution >= 4 is 0 Å². The minimum Gasteiger partial charge on any atom is -0.330 e. The second kappa shape index (κ2) is 5.04. The molecule has 1 unspecified atom stereocenters. The fourth-order valence-corrected chi connectivity index (χ4v) is 6.46. The Morgan fingerprint density at radius 2 is 1.47 bits per heavy atom. The van der Waals surface area contributed by atoms with Crippen LogP contribution in [0.3, 0.4) is 0 Å². The monoisotopic (exact) mass is 262 g/mol. The van der Waals surface area contributed by atoms with E-state index in [4.69, 9.17) is 5.73 Å². The van der Waals surface area contributed by atoms with Gasteiger partial charge >= 0.3 is 0 Å². The number of hydrogen-bond acceptors (Lipinski definition) is 2. The number of nitrogens with two attached hydrogens (primary N) is 1. The van der Waals surface area contributed by atoms with Gasteiger partial charge in [0.1, 0.15) is 0 Å². The lowest BCUT2D eigenvalue weighted by Crippen LogP contribution is -2.54. The van der Waals surface area contributed by atoms with E-state index in [1.54, 1.807) is 32.1 Å². The zero-order valence-electron chi connectivity index (χ0n) is 12.3. The lowest BCUT2D eigenvalue weighted by molar-refractivity contribution is -0.0721. The summed E-state index contributed by atoms with van der Waals surface area (Å²) in [6.45, 7) is 3.60. The highest BCUT2D eigenvalue weighted by Crippen LogP contribution is 2.58. The quantitative estimate of drug-likeness (QED) is 0.844. The largest absolute Gasteiger partial charge is 0.330 e. The van der Waals surface area contributed by atoms with Crippen LogP contribution in [0.5, 0.6) is 0 Å². The fourth-order valence-electron chi connectivity index (χ4n) is 6.46. The third kappa shape index (κ3) is 2.15. The highest BCUT2D eigenvalue weighted by molar-refractivity contribution is 5.02. The van der Waals surface area contributed by atoms with Crippen molar-refractivity contribution < 1.29 is 0 Å². The first-order valence-electron chi connectivity index (χ1n) is 8.79. The Bertz CT molecular complexity index is 293. The summed E-state index contributed by atoms with van der Waals surface area (Å²) in [4.78, 5) is 2.82. The average Bonchev–Trinajstić information content (AvgIpc) is 2.89. The first-order chi connectivity index (χ1) is 9.35. The van der Waals surface area contributed by atoms with Crippen LogP contribution in [-0.4, -0.2) is 30.6 Å². The van der Waals surface area contributed by atoms with Gasteiger partial charge in [-0.2, -0.15) is 0 Å². The molecule has 0 aromatic carbocycles. The highest BCUT2D eigenvalue weighted by atomic mass is 15.2. The molecule has 2 heteroatoms. The Morgan fingerprint density at radius 1 is 0.895 bits per heavy atom. The molecule has 5 aliphatic rings. The minimum absolute atomic E-state index is 0.836. The molecule has 5 fully saturated rings. The van der Waals surface area contributed by atoms with Gasteiger partial charge in [0.25, 0.3) is 0 Å². The van der Waals surface area contributed by atoms with Crippen LogP contribution in [0.15, 0.2) is 0 Å². The summed E-state index contributed by atoms with van der Waals surface area (Å²) >= 11 is 0. The van der Waals surface area contributed by atoms with E-state index in [0.717, 1.165) is 42.2 Å². The van der Waals surface area contributed by atoms with Gasteiger partial charge in [0.2, 0.25) is 0 Å². The molecular weight excluding hydrogens is 232 g/mol. The van der Waals surface area contributed by atoms with E-state index in [1.807, 2.05) is 0 Å². The second-order valence-corrected chi connectivity index (χ2v) is 7.90. The van der Waals surface area contributed by atoms with Crippen molar-refractivity contribution in [2.45, 2.75) is 57.4 Å². The molecule has 5 rings (SSSR count). The van der Waals surface area contributed by atoms with Crippen LogP contribution in [-0.2, 0) is 0 Å². The van der Waals surface area contributed by atoms with Gasteiger partial charge in [0.15, 0.2) is 0 Å². The van der Waals surface area contributed by atoms with Gasteiger partial charge in [-0.3, -0.25) is 0 Å². The molecule has 1 saturated heterocycles. The summed E-state index contributed by atoms with van der Waals surface area (Å²) in [6, 6.07) is 0.836. The second-order valence-electron chi connectivity index (χ2n) is 7.90. The highest BCUT2D eigenvalue weighted by Gasteiger charge is 2.51. The maximum atomic E-state index is 5.96. The first-order valence-corrected chi connectivity index (χ1v) is 8.79. The van der Waals surface area contributed by atoms with Gasteiger partial charge in [-0.1, -0.05) is 0 Å². The molecule has 2 nitrogen and oxygen atoms in total. The van der Waals surface area contributed by atoms with E-state index < -0.39 is 0 Å². The fraction of sp³-hybridized carbons (Fsp3) is 1.00. The van der Waals surface area contributed by atoms with Gasteiger partial charge in [0.05, 0.1) is 0 Å². The average molecular weight is 262 g/mol. The van der Waals surface area contributed by atoms with Crippen molar-refractivity contribution in [3.05, 3.63) is 0 Å². The molecule has 1 heterocycles. The van der Waals surface area contributed by atoms with Gasteiger partial charge in [-0.25, -0.2) is 0 Å². The lowest BCUT2D eigenvalue weighted by Gasteiger charge is -2.57. The maximum absolute atomic E-state index is 5.96. The third-order valence-electron chi connectivity index (χ3n) is 6.82. The van der Waals surface area contributed by atoms with Crippen molar-refractivity contribution in [1.82, 2.24) is 4.90 Å². The molecule has 19 heavy (non-hydrogen) atoms. The van der Waals surface area contributed by atoms with Crippen molar-refractivity contribution in [3.8, 4) is 0 Å². The first kappa shape index (κ1) is 12.6. The maximum Gasteiger partial charge on any atom is 0.0141 e.